The molecule has 1 amide bonds. The highest BCUT2D eigenvalue weighted by Crippen LogP contribution is 2.17. The van der Waals surface area contributed by atoms with Crippen molar-refractivity contribution in [3.05, 3.63) is 59.7 Å². The fourth-order valence-corrected chi connectivity index (χ4v) is 3.20. The summed E-state index contributed by atoms with van der Waals surface area (Å²) in [6, 6.07) is 11.6. The molecule has 0 unspecified atom stereocenters. The maximum Gasteiger partial charge on any atom is 0.328 e. The molecule has 0 saturated heterocycles. The quantitative estimate of drug-likeness (QED) is 0.752. The Morgan fingerprint density at radius 1 is 1.00 bits per heavy atom. The van der Waals surface area contributed by atoms with Gasteiger partial charge in [0.1, 0.15) is 6.04 Å². The van der Waals surface area contributed by atoms with Crippen LogP contribution in [-0.2, 0) is 19.6 Å². The molecule has 2 aromatic rings. The van der Waals surface area contributed by atoms with Gasteiger partial charge in [-0.15, -0.1) is 0 Å². The summed E-state index contributed by atoms with van der Waals surface area (Å²) in [5, 5.41) is 2.49. The molecule has 0 fully saturated rings. The van der Waals surface area contributed by atoms with E-state index in [-0.39, 0.29) is 4.90 Å². The zero-order chi connectivity index (χ0) is 19.3. The van der Waals surface area contributed by atoms with Crippen LogP contribution in [0.15, 0.2) is 53.4 Å². The first-order valence-electron chi connectivity index (χ1n) is 7.81. The summed E-state index contributed by atoms with van der Waals surface area (Å²) in [4.78, 5) is 23.5. The van der Waals surface area contributed by atoms with E-state index in [1.165, 1.54) is 50.4 Å². The molecule has 0 aliphatic rings. The monoisotopic (exact) mass is 376 g/mol. The Labute approximate surface area is 152 Å². The van der Waals surface area contributed by atoms with Crippen molar-refractivity contribution in [2.45, 2.75) is 24.8 Å². The third-order valence-electron chi connectivity index (χ3n) is 3.63. The first-order chi connectivity index (χ1) is 12.2. The summed E-state index contributed by atoms with van der Waals surface area (Å²) in [6.45, 7) is 3.38. The number of hydrogen-bond donors (Lipinski definition) is 2. The average Bonchev–Trinajstić information content (AvgIpc) is 2.61. The molecule has 0 aliphatic carbocycles. The number of carbonyl (C=O) groups is 2. The molecule has 7 nitrogen and oxygen atoms in total. The van der Waals surface area contributed by atoms with E-state index in [0.717, 1.165) is 5.56 Å². The van der Waals surface area contributed by atoms with Crippen LogP contribution >= 0.6 is 0 Å². The molecule has 8 heteroatoms. The predicted octanol–water partition coefficient (Wildman–Crippen LogP) is 2.09. The molecule has 0 bridgehead atoms. The number of methoxy groups -OCH3 is 1. The zero-order valence-corrected chi connectivity index (χ0v) is 15.5. The van der Waals surface area contributed by atoms with E-state index in [4.69, 9.17) is 0 Å². The van der Waals surface area contributed by atoms with E-state index in [1.54, 1.807) is 12.1 Å². The fourth-order valence-electron chi connectivity index (χ4n) is 2.14. The number of nitrogens with one attached hydrogen (secondary N) is 2. The van der Waals surface area contributed by atoms with E-state index >= 15 is 0 Å². The number of carbonyl (C=O) groups excluding carboxylic acids is 2. The molecule has 0 heterocycles. The van der Waals surface area contributed by atoms with Crippen molar-refractivity contribution in [2.24, 2.45) is 0 Å². The molecule has 26 heavy (non-hydrogen) atoms. The van der Waals surface area contributed by atoms with Crippen LogP contribution in [0.2, 0.25) is 0 Å². The molecule has 0 saturated carbocycles. The van der Waals surface area contributed by atoms with Crippen molar-refractivity contribution in [1.82, 2.24) is 5.32 Å². The van der Waals surface area contributed by atoms with Crippen LogP contribution < -0.4 is 10.0 Å². The van der Waals surface area contributed by atoms with E-state index < -0.39 is 27.9 Å². The highest BCUT2D eigenvalue weighted by Gasteiger charge is 2.17. The maximum absolute atomic E-state index is 12.3. The Kier molecular flexibility index (Phi) is 5.99. The van der Waals surface area contributed by atoms with Gasteiger partial charge in [0.15, 0.2) is 0 Å². The lowest BCUT2D eigenvalue weighted by Crippen LogP contribution is -2.39. The molecule has 0 spiro atoms. The minimum Gasteiger partial charge on any atom is -0.467 e. The Balaban J connectivity index is 2.08. The number of rotatable bonds is 6. The standard InChI is InChI=1S/C18H20N2O5S/c1-12-4-10-16(11-5-12)26(23,24)20-15-8-6-14(7-9-15)17(21)19-13(2)18(22)25-3/h4-11,13,20H,1-3H3,(H,19,21)/t13-/m0/s1. The summed E-state index contributed by atoms with van der Waals surface area (Å²) < 4.78 is 31.7. The third kappa shape index (κ3) is 4.82. The lowest BCUT2D eigenvalue weighted by Gasteiger charge is -2.12. The Hall–Kier alpha value is -2.87. The molecule has 0 aromatic heterocycles. The van der Waals surface area contributed by atoms with Crippen LogP contribution in [0.1, 0.15) is 22.8 Å². The minimum atomic E-state index is -3.71. The van der Waals surface area contributed by atoms with Gasteiger partial charge in [-0.25, -0.2) is 13.2 Å². The number of anilines is 1. The van der Waals surface area contributed by atoms with Crippen LogP contribution in [0.4, 0.5) is 5.69 Å². The van der Waals surface area contributed by atoms with E-state index in [2.05, 4.69) is 14.8 Å². The van der Waals surface area contributed by atoms with Crippen molar-refractivity contribution in [3.63, 3.8) is 0 Å². The van der Waals surface area contributed by atoms with Gasteiger partial charge in [-0.2, -0.15) is 0 Å². The van der Waals surface area contributed by atoms with Crippen LogP contribution in [0.25, 0.3) is 0 Å². The lowest BCUT2D eigenvalue weighted by atomic mass is 10.2. The number of amides is 1. The van der Waals surface area contributed by atoms with E-state index in [1.807, 2.05) is 6.92 Å². The van der Waals surface area contributed by atoms with Crippen LogP contribution in [-0.4, -0.2) is 33.4 Å². The number of ether oxygens (including phenoxy) is 1. The van der Waals surface area contributed by atoms with Gasteiger partial charge in [0.25, 0.3) is 15.9 Å². The molecule has 2 rings (SSSR count). The van der Waals surface area contributed by atoms with Crippen molar-refractivity contribution < 1.29 is 22.7 Å². The minimum absolute atomic E-state index is 0.150. The number of benzene rings is 2. The first-order valence-corrected chi connectivity index (χ1v) is 9.29. The van der Waals surface area contributed by atoms with Gasteiger partial charge < -0.3 is 10.1 Å². The second kappa shape index (κ2) is 8.01. The lowest BCUT2D eigenvalue weighted by molar-refractivity contribution is -0.142. The molecular weight excluding hydrogens is 356 g/mol. The molecule has 0 radical (unpaired) electrons. The average molecular weight is 376 g/mol. The summed E-state index contributed by atoms with van der Waals surface area (Å²) in [5.74, 6) is -1.02. The van der Waals surface area contributed by atoms with Gasteiger partial charge in [-0.3, -0.25) is 9.52 Å². The first kappa shape index (κ1) is 19.5. The number of sulfonamides is 1. The van der Waals surface area contributed by atoms with Gasteiger partial charge in [0.05, 0.1) is 12.0 Å². The second-order valence-electron chi connectivity index (χ2n) is 5.71. The molecule has 0 aliphatic heterocycles. The molecule has 2 N–H and O–H groups in total. The van der Waals surface area contributed by atoms with Crippen molar-refractivity contribution in [2.75, 3.05) is 11.8 Å². The Bertz CT molecular complexity index is 890. The second-order valence-corrected chi connectivity index (χ2v) is 7.40. The van der Waals surface area contributed by atoms with Crippen LogP contribution in [0.3, 0.4) is 0 Å². The predicted molar refractivity (Wildman–Crippen MR) is 97.4 cm³/mol. The molecular formula is C18H20N2O5S. The Morgan fingerprint density at radius 3 is 2.12 bits per heavy atom. The molecule has 138 valence electrons. The van der Waals surface area contributed by atoms with Gasteiger partial charge in [-0.1, -0.05) is 17.7 Å². The molecule has 1 atom stereocenters. The third-order valence-corrected chi connectivity index (χ3v) is 5.03. The van der Waals surface area contributed by atoms with E-state index in [9.17, 15) is 18.0 Å². The van der Waals surface area contributed by atoms with Crippen LogP contribution in [0.5, 0.6) is 0 Å². The van der Waals surface area contributed by atoms with Crippen molar-refractivity contribution >= 4 is 27.6 Å². The Morgan fingerprint density at radius 2 is 1.58 bits per heavy atom. The number of aryl methyl sites for hydroxylation is 1. The summed E-state index contributed by atoms with van der Waals surface area (Å²) >= 11 is 0. The van der Waals surface area contributed by atoms with Gasteiger partial charge >= 0.3 is 5.97 Å². The zero-order valence-electron chi connectivity index (χ0n) is 14.6. The molecule has 2 aromatic carbocycles. The SMILES string of the molecule is COC(=O)[C@H](C)NC(=O)c1ccc(NS(=O)(=O)c2ccc(C)cc2)cc1. The number of esters is 1. The van der Waals surface area contributed by atoms with Crippen molar-refractivity contribution in [1.29, 1.82) is 0 Å². The number of hydrogen-bond acceptors (Lipinski definition) is 5. The van der Waals surface area contributed by atoms with Crippen molar-refractivity contribution in [3.8, 4) is 0 Å². The fraction of sp³-hybridized carbons (Fsp3) is 0.222. The topological polar surface area (TPSA) is 102 Å². The maximum atomic E-state index is 12.3. The van der Waals surface area contributed by atoms with Gasteiger partial charge in [0, 0.05) is 11.3 Å². The van der Waals surface area contributed by atoms with Crippen LogP contribution in [0, 0.1) is 6.92 Å². The summed E-state index contributed by atoms with van der Waals surface area (Å²) in [5.41, 5.74) is 1.57. The highest BCUT2D eigenvalue weighted by molar-refractivity contribution is 7.92. The smallest absolute Gasteiger partial charge is 0.328 e. The van der Waals surface area contributed by atoms with Gasteiger partial charge in [0.2, 0.25) is 0 Å². The normalized spacial score (nSPS) is 12.1. The largest absolute Gasteiger partial charge is 0.467 e. The van der Waals surface area contributed by atoms with Gasteiger partial charge in [-0.05, 0) is 50.2 Å². The summed E-state index contributed by atoms with van der Waals surface area (Å²) in [6.07, 6.45) is 0. The summed E-state index contributed by atoms with van der Waals surface area (Å²) in [7, 11) is -2.47. The van der Waals surface area contributed by atoms with E-state index in [0.29, 0.717) is 11.3 Å². The highest BCUT2D eigenvalue weighted by atomic mass is 32.2.